The Labute approximate surface area is 176 Å². The summed E-state index contributed by atoms with van der Waals surface area (Å²) in [5, 5.41) is 3.97. The Morgan fingerprint density at radius 1 is 1.00 bits per heavy atom. The number of carbonyl (C=O) groups excluding carboxylic acids is 2. The predicted molar refractivity (Wildman–Crippen MR) is 117 cm³/mol. The van der Waals surface area contributed by atoms with E-state index >= 15 is 0 Å². The Bertz CT molecular complexity index is 1030. The van der Waals surface area contributed by atoms with Gasteiger partial charge < -0.3 is 4.74 Å². The highest BCUT2D eigenvalue weighted by atomic mass is 127. The van der Waals surface area contributed by atoms with Gasteiger partial charge in [0.1, 0.15) is 5.75 Å². The van der Waals surface area contributed by atoms with Crippen LogP contribution in [0, 0.1) is 10.5 Å². The van der Waals surface area contributed by atoms with Crippen molar-refractivity contribution >= 4 is 40.7 Å². The third-order valence-corrected chi connectivity index (χ3v) is 4.78. The van der Waals surface area contributed by atoms with E-state index in [0.29, 0.717) is 16.9 Å². The Balaban J connectivity index is 1.58. The molecule has 0 radical (unpaired) electrons. The highest BCUT2D eigenvalue weighted by Crippen LogP contribution is 2.14. The number of esters is 1. The van der Waals surface area contributed by atoms with E-state index in [-0.39, 0.29) is 5.91 Å². The molecule has 0 atom stereocenters. The Morgan fingerprint density at radius 2 is 1.75 bits per heavy atom. The van der Waals surface area contributed by atoms with Gasteiger partial charge in [0.15, 0.2) is 0 Å². The van der Waals surface area contributed by atoms with Crippen LogP contribution in [-0.4, -0.2) is 18.1 Å². The minimum Gasteiger partial charge on any atom is -0.423 e. The van der Waals surface area contributed by atoms with Gasteiger partial charge in [-0.15, -0.1) is 0 Å². The maximum Gasteiger partial charge on any atom is 0.343 e. The van der Waals surface area contributed by atoms with Crippen LogP contribution in [0.2, 0.25) is 0 Å². The van der Waals surface area contributed by atoms with Crippen LogP contribution in [0.3, 0.4) is 0 Å². The number of nitrogens with zero attached hydrogens (tertiary/aromatic N) is 1. The van der Waals surface area contributed by atoms with E-state index < -0.39 is 5.97 Å². The molecule has 1 amide bonds. The van der Waals surface area contributed by atoms with Gasteiger partial charge in [-0.05, 0) is 83.6 Å². The number of benzene rings is 3. The molecule has 0 fully saturated rings. The first kappa shape index (κ1) is 19.8. The van der Waals surface area contributed by atoms with E-state index in [1.807, 2.05) is 31.2 Å². The zero-order valence-corrected chi connectivity index (χ0v) is 17.2. The van der Waals surface area contributed by atoms with E-state index in [1.165, 1.54) is 6.21 Å². The Morgan fingerprint density at radius 3 is 2.46 bits per heavy atom. The molecule has 0 saturated carbocycles. The lowest BCUT2D eigenvalue weighted by molar-refractivity contribution is 0.0734. The van der Waals surface area contributed by atoms with Gasteiger partial charge >= 0.3 is 5.97 Å². The zero-order chi connectivity index (χ0) is 19.9. The van der Waals surface area contributed by atoms with Crippen molar-refractivity contribution in [2.45, 2.75) is 6.92 Å². The monoisotopic (exact) mass is 484 g/mol. The topological polar surface area (TPSA) is 67.8 Å². The maximum atomic E-state index is 12.2. The normalized spacial score (nSPS) is 10.6. The van der Waals surface area contributed by atoms with Crippen LogP contribution in [0.4, 0.5) is 0 Å². The van der Waals surface area contributed by atoms with Crippen molar-refractivity contribution < 1.29 is 14.3 Å². The molecule has 140 valence electrons. The highest BCUT2D eigenvalue weighted by molar-refractivity contribution is 14.1. The fourth-order valence-electron chi connectivity index (χ4n) is 2.43. The van der Waals surface area contributed by atoms with Gasteiger partial charge in [0.2, 0.25) is 0 Å². The number of hydrogen-bond donors (Lipinski definition) is 1. The minimum absolute atomic E-state index is 0.273. The van der Waals surface area contributed by atoms with E-state index in [9.17, 15) is 9.59 Å². The molecule has 0 aliphatic carbocycles. The smallest absolute Gasteiger partial charge is 0.343 e. The van der Waals surface area contributed by atoms with Crippen LogP contribution in [0.5, 0.6) is 5.75 Å². The van der Waals surface area contributed by atoms with Crippen molar-refractivity contribution in [1.29, 1.82) is 0 Å². The van der Waals surface area contributed by atoms with Crippen LogP contribution in [0.1, 0.15) is 31.8 Å². The number of aryl methyl sites for hydroxylation is 1. The van der Waals surface area contributed by atoms with Gasteiger partial charge in [0.05, 0.1) is 17.3 Å². The molecule has 0 saturated heterocycles. The number of amides is 1. The van der Waals surface area contributed by atoms with Gasteiger partial charge in [0, 0.05) is 3.57 Å². The predicted octanol–water partition coefficient (Wildman–Crippen LogP) is 4.58. The zero-order valence-electron chi connectivity index (χ0n) is 15.1. The summed E-state index contributed by atoms with van der Waals surface area (Å²) in [5.74, 6) is -0.244. The summed E-state index contributed by atoms with van der Waals surface area (Å²) >= 11 is 2.10. The average molecular weight is 484 g/mol. The number of hydrogen-bond acceptors (Lipinski definition) is 4. The van der Waals surface area contributed by atoms with Crippen LogP contribution >= 0.6 is 22.6 Å². The first-order valence-electron chi connectivity index (χ1n) is 8.50. The summed E-state index contributed by atoms with van der Waals surface area (Å²) in [4.78, 5) is 24.3. The van der Waals surface area contributed by atoms with E-state index in [4.69, 9.17) is 4.74 Å². The summed E-state index contributed by atoms with van der Waals surface area (Å²) in [5.41, 5.74) is 5.33. The van der Waals surface area contributed by atoms with E-state index in [2.05, 4.69) is 33.1 Å². The van der Waals surface area contributed by atoms with Crippen molar-refractivity contribution in [1.82, 2.24) is 5.43 Å². The second-order valence-electron chi connectivity index (χ2n) is 6.01. The molecule has 0 heterocycles. The molecule has 28 heavy (non-hydrogen) atoms. The number of nitrogens with one attached hydrogen (secondary N) is 1. The van der Waals surface area contributed by atoms with Crippen molar-refractivity contribution in [3.63, 3.8) is 0 Å². The summed E-state index contributed by atoms with van der Waals surface area (Å²) in [6.45, 7) is 1.92. The van der Waals surface area contributed by atoms with Gasteiger partial charge in [0.25, 0.3) is 5.91 Å². The molecule has 0 aliphatic heterocycles. The SMILES string of the molecule is Cc1cccc(C(=O)Oc2ccc(/C=N/NC(=O)c3ccccc3I)cc2)c1. The number of rotatable bonds is 5. The maximum absolute atomic E-state index is 12.2. The lowest BCUT2D eigenvalue weighted by atomic mass is 10.1. The molecule has 0 aliphatic rings. The number of ether oxygens (including phenoxy) is 1. The average Bonchev–Trinajstić information content (AvgIpc) is 2.69. The fourth-order valence-corrected chi connectivity index (χ4v) is 3.06. The van der Waals surface area contributed by atoms with Crippen LogP contribution in [0.25, 0.3) is 0 Å². The molecule has 0 bridgehead atoms. The highest BCUT2D eigenvalue weighted by Gasteiger charge is 2.09. The van der Waals surface area contributed by atoms with E-state index in [0.717, 1.165) is 14.7 Å². The van der Waals surface area contributed by atoms with Crippen LogP contribution < -0.4 is 10.2 Å². The second kappa shape index (κ2) is 9.27. The lowest BCUT2D eigenvalue weighted by Crippen LogP contribution is -2.18. The van der Waals surface area contributed by atoms with E-state index in [1.54, 1.807) is 48.5 Å². The van der Waals surface area contributed by atoms with Crippen molar-refractivity contribution in [2.75, 3.05) is 0 Å². The summed E-state index contributed by atoms with van der Waals surface area (Å²) in [6, 6.07) is 21.4. The summed E-state index contributed by atoms with van der Waals surface area (Å²) in [7, 11) is 0. The molecule has 0 aromatic heterocycles. The largest absolute Gasteiger partial charge is 0.423 e. The molecule has 0 unspecified atom stereocenters. The first-order chi connectivity index (χ1) is 13.5. The van der Waals surface area contributed by atoms with Gasteiger partial charge in [-0.2, -0.15) is 5.10 Å². The molecular weight excluding hydrogens is 467 g/mol. The minimum atomic E-state index is -0.408. The lowest BCUT2D eigenvalue weighted by Gasteiger charge is -2.05. The number of carbonyl (C=O) groups is 2. The van der Waals surface area contributed by atoms with Crippen LogP contribution in [-0.2, 0) is 0 Å². The molecule has 3 aromatic carbocycles. The second-order valence-corrected chi connectivity index (χ2v) is 7.17. The van der Waals surface area contributed by atoms with Gasteiger partial charge in [-0.3, -0.25) is 4.79 Å². The van der Waals surface area contributed by atoms with Crippen molar-refractivity contribution in [3.05, 3.63) is 98.6 Å². The molecule has 6 heteroatoms. The Kier molecular flexibility index (Phi) is 6.54. The third kappa shape index (κ3) is 5.26. The molecular formula is C22H17IN2O3. The fraction of sp³-hybridized carbons (Fsp3) is 0.0455. The molecule has 0 spiro atoms. The van der Waals surface area contributed by atoms with Crippen LogP contribution in [0.15, 0.2) is 77.9 Å². The van der Waals surface area contributed by atoms with Crippen molar-refractivity contribution in [3.8, 4) is 5.75 Å². The molecule has 5 nitrogen and oxygen atoms in total. The molecule has 3 rings (SSSR count). The quantitative estimate of drug-likeness (QED) is 0.190. The number of hydrazone groups is 1. The first-order valence-corrected chi connectivity index (χ1v) is 9.57. The summed E-state index contributed by atoms with van der Waals surface area (Å²) in [6.07, 6.45) is 1.53. The molecule has 3 aromatic rings. The number of halogens is 1. The molecule has 1 N–H and O–H groups in total. The van der Waals surface area contributed by atoms with Gasteiger partial charge in [-0.1, -0.05) is 29.8 Å². The standard InChI is InChI=1S/C22H17IN2O3/c1-15-5-4-6-17(13-15)22(27)28-18-11-9-16(10-12-18)14-24-25-21(26)19-7-2-3-8-20(19)23/h2-14H,1H3,(H,25,26)/b24-14+. The summed E-state index contributed by atoms with van der Waals surface area (Å²) < 4.78 is 6.22. The van der Waals surface area contributed by atoms with Gasteiger partial charge in [-0.25, -0.2) is 10.2 Å². The Hall–Kier alpha value is -3.00. The van der Waals surface area contributed by atoms with Crippen molar-refractivity contribution in [2.24, 2.45) is 5.10 Å². The third-order valence-electron chi connectivity index (χ3n) is 3.84.